The van der Waals surface area contributed by atoms with Crippen LogP contribution in [0.3, 0.4) is 0 Å². The number of rotatable bonds is 4. The number of hydrogen-bond donors (Lipinski definition) is 2. The number of primary amides is 1. The van der Waals surface area contributed by atoms with Crippen molar-refractivity contribution in [2.75, 3.05) is 0 Å². The summed E-state index contributed by atoms with van der Waals surface area (Å²) in [4.78, 5) is 22.1. The summed E-state index contributed by atoms with van der Waals surface area (Å²) in [7, 11) is 0. The maximum absolute atomic E-state index is 11.6. The number of allylic oxidation sites excluding steroid dienone is 4. The topological polar surface area (TPSA) is 72.2 Å². The quantitative estimate of drug-likeness (QED) is 0.709. The second-order valence-electron chi connectivity index (χ2n) is 3.51. The highest BCUT2D eigenvalue weighted by atomic mass is 16.2. The molecule has 1 aliphatic carbocycles. The number of hydrogen-bond acceptors (Lipinski definition) is 2. The number of urea groups is 1. The Hall–Kier alpha value is -1.84. The molecule has 0 spiro atoms. The van der Waals surface area contributed by atoms with Crippen molar-refractivity contribution in [3.05, 3.63) is 35.5 Å². The van der Waals surface area contributed by atoms with Crippen molar-refractivity contribution in [3.63, 3.8) is 0 Å². The van der Waals surface area contributed by atoms with Crippen molar-refractivity contribution in [1.29, 1.82) is 0 Å². The molecule has 4 nitrogen and oxygen atoms in total. The van der Waals surface area contributed by atoms with E-state index >= 15 is 0 Å². The van der Waals surface area contributed by atoms with E-state index in [0.29, 0.717) is 5.57 Å². The second-order valence-corrected chi connectivity index (χ2v) is 3.51. The first kappa shape index (κ1) is 12.2. The zero-order chi connectivity index (χ0) is 12.0. The number of nitrogens with one attached hydrogen (secondary N) is 1. The number of imide groups is 1. The molecule has 0 aromatic heterocycles. The Morgan fingerprint density at radius 2 is 2.25 bits per heavy atom. The van der Waals surface area contributed by atoms with Crippen LogP contribution in [0.4, 0.5) is 4.79 Å². The summed E-state index contributed by atoms with van der Waals surface area (Å²) in [6, 6.07) is -0.814. The Labute approximate surface area is 94.9 Å². The zero-order valence-electron chi connectivity index (χ0n) is 9.32. The molecule has 0 atom stereocenters. The van der Waals surface area contributed by atoms with Crippen molar-refractivity contribution >= 4 is 11.9 Å². The molecule has 0 heterocycles. The van der Waals surface area contributed by atoms with E-state index in [-0.39, 0.29) is 0 Å². The molecular formula is C12H16N2O2. The van der Waals surface area contributed by atoms with Gasteiger partial charge < -0.3 is 5.73 Å². The van der Waals surface area contributed by atoms with E-state index in [2.05, 4.69) is 5.32 Å². The van der Waals surface area contributed by atoms with Crippen molar-refractivity contribution < 1.29 is 9.59 Å². The van der Waals surface area contributed by atoms with Gasteiger partial charge in [0.2, 0.25) is 0 Å². The lowest BCUT2D eigenvalue weighted by atomic mass is 10.0. The Morgan fingerprint density at radius 3 is 2.88 bits per heavy atom. The monoisotopic (exact) mass is 220 g/mol. The molecule has 3 N–H and O–H groups in total. The van der Waals surface area contributed by atoms with E-state index in [1.165, 1.54) is 0 Å². The van der Waals surface area contributed by atoms with Crippen molar-refractivity contribution in [1.82, 2.24) is 5.32 Å². The van der Waals surface area contributed by atoms with E-state index in [1.807, 2.05) is 31.2 Å². The van der Waals surface area contributed by atoms with Gasteiger partial charge in [0, 0.05) is 5.57 Å². The number of amides is 3. The molecular weight excluding hydrogens is 204 g/mol. The van der Waals surface area contributed by atoms with Crippen LogP contribution in [0, 0.1) is 0 Å². The van der Waals surface area contributed by atoms with Crippen LogP contribution < -0.4 is 11.1 Å². The number of carbonyl (C=O) groups is 2. The first-order valence-electron chi connectivity index (χ1n) is 5.26. The molecule has 4 heteroatoms. The Balaban J connectivity index is 2.57. The van der Waals surface area contributed by atoms with Crippen LogP contribution in [-0.2, 0) is 4.79 Å². The van der Waals surface area contributed by atoms with Crippen molar-refractivity contribution in [2.24, 2.45) is 5.73 Å². The fourth-order valence-corrected chi connectivity index (χ4v) is 1.62. The molecule has 86 valence electrons. The molecule has 1 aliphatic rings. The maximum atomic E-state index is 11.6. The summed E-state index contributed by atoms with van der Waals surface area (Å²) >= 11 is 0. The van der Waals surface area contributed by atoms with Crippen molar-refractivity contribution in [3.8, 4) is 0 Å². The summed E-state index contributed by atoms with van der Waals surface area (Å²) in [6.07, 6.45) is 10.3. The zero-order valence-corrected chi connectivity index (χ0v) is 9.32. The minimum absolute atomic E-state index is 0.406. The van der Waals surface area contributed by atoms with Gasteiger partial charge in [-0.3, -0.25) is 10.1 Å². The van der Waals surface area contributed by atoms with Crippen LogP contribution in [0.2, 0.25) is 0 Å². The predicted molar refractivity (Wildman–Crippen MR) is 62.6 cm³/mol. The van der Waals surface area contributed by atoms with E-state index in [0.717, 1.165) is 24.8 Å². The highest BCUT2D eigenvalue weighted by molar-refractivity contribution is 6.06. The molecule has 0 radical (unpaired) electrons. The summed E-state index contributed by atoms with van der Waals surface area (Å²) < 4.78 is 0. The molecule has 3 amide bonds. The maximum Gasteiger partial charge on any atom is 0.319 e. The molecule has 0 saturated carbocycles. The molecule has 16 heavy (non-hydrogen) atoms. The highest BCUT2D eigenvalue weighted by Gasteiger charge is 2.17. The van der Waals surface area contributed by atoms with Gasteiger partial charge in [0.1, 0.15) is 0 Å². The van der Waals surface area contributed by atoms with Gasteiger partial charge in [0.25, 0.3) is 5.91 Å². The third-order valence-electron chi connectivity index (χ3n) is 2.33. The molecule has 1 rings (SSSR count). The van der Waals surface area contributed by atoms with E-state index in [9.17, 15) is 9.59 Å². The van der Waals surface area contributed by atoms with Crippen LogP contribution in [0.25, 0.3) is 0 Å². The molecule has 0 saturated heterocycles. The predicted octanol–water partition coefficient (Wildman–Crippen LogP) is 1.79. The largest absolute Gasteiger partial charge is 0.351 e. The van der Waals surface area contributed by atoms with Gasteiger partial charge in [0.05, 0.1) is 0 Å². The summed E-state index contributed by atoms with van der Waals surface area (Å²) in [6.45, 7) is 1.96. The third kappa shape index (κ3) is 3.38. The normalized spacial score (nSPS) is 14.8. The van der Waals surface area contributed by atoms with E-state index in [1.54, 1.807) is 0 Å². The minimum Gasteiger partial charge on any atom is -0.351 e. The summed E-state index contributed by atoms with van der Waals surface area (Å²) in [5.74, 6) is -0.406. The smallest absolute Gasteiger partial charge is 0.319 e. The average molecular weight is 220 g/mol. The molecule has 0 bridgehead atoms. The van der Waals surface area contributed by atoms with Crippen LogP contribution in [0.15, 0.2) is 35.5 Å². The first-order chi connectivity index (χ1) is 7.65. The van der Waals surface area contributed by atoms with Gasteiger partial charge in [-0.25, -0.2) is 4.79 Å². The summed E-state index contributed by atoms with van der Waals surface area (Å²) in [5, 5.41) is 2.08. The van der Waals surface area contributed by atoms with Crippen LogP contribution in [0.5, 0.6) is 0 Å². The molecule has 0 fully saturated rings. The molecule has 0 aromatic carbocycles. The Morgan fingerprint density at radius 1 is 1.50 bits per heavy atom. The Kier molecular flexibility index (Phi) is 4.51. The van der Waals surface area contributed by atoms with Gasteiger partial charge in [-0.15, -0.1) is 0 Å². The van der Waals surface area contributed by atoms with Crippen molar-refractivity contribution in [2.45, 2.75) is 26.2 Å². The van der Waals surface area contributed by atoms with Crippen LogP contribution in [-0.4, -0.2) is 11.9 Å². The van der Waals surface area contributed by atoms with Gasteiger partial charge in [-0.1, -0.05) is 24.3 Å². The minimum atomic E-state index is -0.814. The van der Waals surface area contributed by atoms with E-state index < -0.39 is 11.9 Å². The summed E-state index contributed by atoms with van der Waals surface area (Å²) in [5.41, 5.74) is 6.46. The fourth-order valence-electron chi connectivity index (χ4n) is 1.62. The Bertz CT molecular complexity index is 378. The van der Waals surface area contributed by atoms with Gasteiger partial charge in [-0.05, 0) is 31.8 Å². The average Bonchev–Trinajstić information content (AvgIpc) is 2.65. The second kappa shape index (κ2) is 5.90. The molecule has 0 aliphatic heterocycles. The fraction of sp³-hybridized carbons (Fsp3) is 0.333. The number of nitrogens with two attached hydrogens (primary N) is 1. The lowest BCUT2D eigenvalue weighted by Gasteiger charge is -2.06. The molecule has 0 aromatic rings. The first-order valence-corrected chi connectivity index (χ1v) is 5.26. The van der Waals surface area contributed by atoms with Gasteiger partial charge in [-0.2, -0.15) is 0 Å². The standard InChI is InChI=1S/C12H16N2O2/c1-2-3-4-6-9-7-5-8-10(9)11(15)14-12(13)16/h2-3,7-8H,4-6H2,1H3,(H3,13,14,15,16)/b3-2+. The SMILES string of the molecule is C/C=C/CCC1=CCC=C1C(=O)NC(N)=O. The van der Waals surface area contributed by atoms with Crippen LogP contribution >= 0.6 is 0 Å². The lowest BCUT2D eigenvalue weighted by Crippen LogP contribution is -2.36. The highest BCUT2D eigenvalue weighted by Crippen LogP contribution is 2.23. The number of carbonyl (C=O) groups excluding carboxylic acids is 2. The molecule has 0 unspecified atom stereocenters. The van der Waals surface area contributed by atoms with E-state index in [4.69, 9.17) is 5.73 Å². The van der Waals surface area contributed by atoms with Crippen LogP contribution in [0.1, 0.15) is 26.2 Å². The van der Waals surface area contributed by atoms with Gasteiger partial charge in [0.15, 0.2) is 0 Å². The lowest BCUT2D eigenvalue weighted by molar-refractivity contribution is -0.116. The van der Waals surface area contributed by atoms with Gasteiger partial charge >= 0.3 is 6.03 Å². The third-order valence-corrected chi connectivity index (χ3v) is 2.33.